The van der Waals surface area contributed by atoms with Gasteiger partial charge in [-0.15, -0.1) is 0 Å². The molecule has 1 heterocycles. The number of unbranched alkanes of at least 4 members (excludes halogenated alkanes) is 8. The van der Waals surface area contributed by atoms with Gasteiger partial charge in [-0.05, 0) is 43.6 Å². The molecule has 35 heavy (non-hydrogen) atoms. The van der Waals surface area contributed by atoms with Gasteiger partial charge >= 0.3 is 11.9 Å². The van der Waals surface area contributed by atoms with Crippen LogP contribution in [0.2, 0.25) is 0 Å². The van der Waals surface area contributed by atoms with E-state index in [4.69, 9.17) is 13.9 Å². The van der Waals surface area contributed by atoms with Gasteiger partial charge in [0.25, 0.3) is 0 Å². The number of furan rings is 1. The summed E-state index contributed by atoms with van der Waals surface area (Å²) in [6.07, 6.45) is 19.9. The van der Waals surface area contributed by atoms with Crippen molar-refractivity contribution < 1.29 is 23.5 Å². The van der Waals surface area contributed by atoms with E-state index in [1.807, 2.05) is 0 Å². The summed E-state index contributed by atoms with van der Waals surface area (Å²) in [4.78, 5) is 25.5. The molecule has 202 valence electrons. The average molecular weight is 493 g/mol. The Labute approximate surface area is 214 Å². The normalized spacial score (nSPS) is 12.9. The van der Waals surface area contributed by atoms with Crippen molar-refractivity contribution in [1.29, 1.82) is 0 Å². The SMILES string of the molecule is CCCCCCC(CCCC)COC(=O)c1ccoc1C(=O)OCC(CCCC)CCCCCC. The molecule has 0 amide bonds. The number of ether oxygens (including phenoxy) is 2. The molecular weight excluding hydrogens is 440 g/mol. The van der Waals surface area contributed by atoms with Crippen molar-refractivity contribution in [2.45, 2.75) is 130 Å². The van der Waals surface area contributed by atoms with Gasteiger partial charge in [0.1, 0.15) is 5.56 Å². The molecule has 0 aliphatic carbocycles. The molecule has 2 unspecified atom stereocenters. The second-order valence-electron chi connectivity index (χ2n) is 10.1. The maximum Gasteiger partial charge on any atom is 0.375 e. The Morgan fingerprint density at radius 3 is 1.60 bits per heavy atom. The van der Waals surface area contributed by atoms with Crippen molar-refractivity contribution in [1.82, 2.24) is 0 Å². The Hall–Kier alpha value is -1.78. The van der Waals surface area contributed by atoms with E-state index in [9.17, 15) is 9.59 Å². The van der Waals surface area contributed by atoms with Crippen molar-refractivity contribution in [2.75, 3.05) is 13.2 Å². The monoisotopic (exact) mass is 492 g/mol. The van der Waals surface area contributed by atoms with Crippen LogP contribution in [0.5, 0.6) is 0 Å². The summed E-state index contributed by atoms with van der Waals surface area (Å²) in [6, 6.07) is 1.51. The highest BCUT2D eigenvalue weighted by Gasteiger charge is 2.25. The fourth-order valence-corrected chi connectivity index (χ4v) is 4.49. The van der Waals surface area contributed by atoms with Gasteiger partial charge < -0.3 is 13.9 Å². The van der Waals surface area contributed by atoms with E-state index >= 15 is 0 Å². The number of esters is 2. The minimum absolute atomic E-state index is 0.0386. The first-order valence-corrected chi connectivity index (χ1v) is 14.5. The Bertz CT molecular complexity index is 611. The van der Waals surface area contributed by atoms with Gasteiger partial charge in [-0.1, -0.05) is 105 Å². The summed E-state index contributed by atoms with van der Waals surface area (Å²) in [5.41, 5.74) is 0.170. The second-order valence-corrected chi connectivity index (χ2v) is 10.1. The highest BCUT2D eigenvalue weighted by molar-refractivity contribution is 6.01. The molecule has 0 aliphatic rings. The van der Waals surface area contributed by atoms with Gasteiger partial charge in [-0.3, -0.25) is 0 Å². The fraction of sp³-hybridized carbons (Fsp3) is 0.800. The van der Waals surface area contributed by atoms with Crippen molar-refractivity contribution in [3.63, 3.8) is 0 Å². The van der Waals surface area contributed by atoms with Crippen LogP contribution in [-0.4, -0.2) is 25.2 Å². The molecule has 0 aliphatic heterocycles. The van der Waals surface area contributed by atoms with E-state index in [-0.39, 0.29) is 11.3 Å². The minimum atomic E-state index is -0.570. The first-order valence-electron chi connectivity index (χ1n) is 14.5. The molecule has 0 bridgehead atoms. The summed E-state index contributed by atoms with van der Waals surface area (Å²) in [6.45, 7) is 9.54. The summed E-state index contributed by atoms with van der Waals surface area (Å²) < 4.78 is 16.6. The number of carbonyl (C=O) groups is 2. The van der Waals surface area contributed by atoms with Crippen LogP contribution in [0.4, 0.5) is 0 Å². The molecule has 1 aromatic heterocycles. The zero-order chi connectivity index (χ0) is 25.7. The van der Waals surface area contributed by atoms with Gasteiger partial charge in [-0.2, -0.15) is 0 Å². The van der Waals surface area contributed by atoms with E-state index in [1.165, 1.54) is 57.3 Å². The number of rotatable bonds is 22. The van der Waals surface area contributed by atoms with Crippen molar-refractivity contribution in [3.8, 4) is 0 Å². The standard InChI is InChI=1S/C30H52O5/c1-5-9-13-15-19-25(17-11-7-3)23-34-29(31)27-21-22-33-28(27)30(32)35-24-26(18-12-8-4)20-16-14-10-6-2/h21-22,25-26H,5-20,23-24H2,1-4H3. The summed E-state index contributed by atoms with van der Waals surface area (Å²) in [5, 5.41) is 0. The second kappa shape index (κ2) is 20.4. The molecule has 0 saturated heterocycles. The Morgan fingerprint density at radius 1 is 0.657 bits per heavy atom. The van der Waals surface area contributed by atoms with Gasteiger partial charge in [0, 0.05) is 0 Å². The lowest BCUT2D eigenvalue weighted by molar-refractivity contribution is 0.0349. The molecular formula is C30H52O5. The van der Waals surface area contributed by atoms with Crippen LogP contribution in [0.3, 0.4) is 0 Å². The lowest BCUT2D eigenvalue weighted by atomic mass is 9.96. The molecule has 0 aromatic carbocycles. The third kappa shape index (κ3) is 13.8. The summed E-state index contributed by atoms with van der Waals surface area (Å²) in [5.74, 6) is -0.386. The lowest BCUT2D eigenvalue weighted by Gasteiger charge is -2.17. The lowest BCUT2D eigenvalue weighted by Crippen LogP contribution is -2.18. The van der Waals surface area contributed by atoms with Gasteiger partial charge in [0.05, 0.1) is 19.5 Å². The highest BCUT2D eigenvalue weighted by Crippen LogP contribution is 2.22. The van der Waals surface area contributed by atoms with Gasteiger partial charge in [0.15, 0.2) is 0 Å². The van der Waals surface area contributed by atoms with Crippen LogP contribution in [0, 0.1) is 11.8 Å². The Morgan fingerprint density at radius 2 is 1.11 bits per heavy atom. The molecule has 0 fully saturated rings. The number of hydrogen-bond acceptors (Lipinski definition) is 5. The molecule has 0 N–H and O–H groups in total. The molecule has 1 aromatic rings. The van der Waals surface area contributed by atoms with E-state index in [2.05, 4.69) is 27.7 Å². The molecule has 2 atom stereocenters. The van der Waals surface area contributed by atoms with Gasteiger partial charge in [0.2, 0.25) is 5.76 Å². The predicted octanol–water partition coefficient (Wildman–Crippen LogP) is 9.15. The summed E-state index contributed by atoms with van der Waals surface area (Å²) >= 11 is 0. The fourth-order valence-electron chi connectivity index (χ4n) is 4.49. The number of hydrogen-bond donors (Lipinski definition) is 0. The van der Waals surface area contributed by atoms with E-state index in [0.717, 1.165) is 57.8 Å². The first-order chi connectivity index (χ1) is 17.1. The minimum Gasteiger partial charge on any atom is -0.462 e. The average Bonchev–Trinajstić information content (AvgIpc) is 3.36. The Balaban J connectivity index is 2.61. The van der Waals surface area contributed by atoms with E-state index in [0.29, 0.717) is 25.0 Å². The number of carbonyl (C=O) groups excluding carboxylic acids is 2. The third-order valence-electron chi connectivity index (χ3n) is 6.83. The first kappa shape index (κ1) is 31.3. The smallest absolute Gasteiger partial charge is 0.375 e. The largest absolute Gasteiger partial charge is 0.462 e. The predicted molar refractivity (Wildman–Crippen MR) is 143 cm³/mol. The molecule has 5 nitrogen and oxygen atoms in total. The Kier molecular flexibility index (Phi) is 18.2. The molecule has 1 rings (SSSR count). The molecule has 0 spiro atoms. The van der Waals surface area contributed by atoms with Crippen molar-refractivity contribution >= 4 is 11.9 Å². The highest BCUT2D eigenvalue weighted by atomic mass is 16.5. The van der Waals surface area contributed by atoms with Crippen LogP contribution in [0.1, 0.15) is 151 Å². The maximum absolute atomic E-state index is 12.8. The molecule has 0 radical (unpaired) electrons. The summed E-state index contributed by atoms with van der Waals surface area (Å²) in [7, 11) is 0. The zero-order valence-corrected chi connectivity index (χ0v) is 23.1. The maximum atomic E-state index is 12.8. The molecule has 0 saturated carbocycles. The van der Waals surface area contributed by atoms with Gasteiger partial charge in [-0.25, -0.2) is 9.59 Å². The van der Waals surface area contributed by atoms with Crippen LogP contribution in [0.25, 0.3) is 0 Å². The van der Waals surface area contributed by atoms with Crippen molar-refractivity contribution in [2.24, 2.45) is 11.8 Å². The van der Waals surface area contributed by atoms with Crippen LogP contribution < -0.4 is 0 Å². The van der Waals surface area contributed by atoms with Crippen molar-refractivity contribution in [3.05, 3.63) is 23.7 Å². The van der Waals surface area contributed by atoms with E-state index in [1.54, 1.807) is 0 Å². The van der Waals surface area contributed by atoms with Crippen LogP contribution in [0.15, 0.2) is 16.7 Å². The zero-order valence-electron chi connectivity index (χ0n) is 23.1. The van der Waals surface area contributed by atoms with Crippen LogP contribution in [-0.2, 0) is 9.47 Å². The third-order valence-corrected chi connectivity index (χ3v) is 6.83. The van der Waals surface area contributed by atoms with Crippen LogP contribution >= 0.6 is 0 Å². The quantitative estimate of drug-likeness (QED) is 0.119. The van der Waals surface area contributed by atoms with E-state index < -0.39 is 11.9 Å². The molecule has 5 heteroatoms. The topological polar surface area (TPSA) is 65.7 Å².